The summed E-state index contributed by atoms with van der Waals surface area (Å²) in [6.07, 6.45) is 5.13. The van der Waals surface area contributed by atoms with Gasteiger partial charge in [-0.2, -0.15) is 4.98 Å². The molecule has 0 aliphatic carbocycles. The highest BCUT2D eigenvalue weighted by molar-refractivity contribution is 7.21. The van der Waals surface area contributed by atoms with Crippen molar-refractivity contribution in [1.29, 1.82) is 0 Å². The Hall–Kier alpha value is -4.10. The fourth-order valence-corrected chi connectivity index (χ4v) is 7.46. The molecule has 3 amide bonds. The Balaban J connectivity index is 1.14. The first-order valence-corrected chi connectivity index (χ1v) is 15.4. The highest BCUT2D eigenvalue weighted by Gasteiger charge is 2.45. The summed E-state index contributed by atoms with van der Waals surface area (Å²) in [7, 11) is 0. The summed E-state index contributed by atoms with van der Waals surface area (Å²) >= 11 is 7.56. The maximum atomic E-state index is 13.1. The Morgan fingerprint density at radius 2 is 2.00 bits per heavy atom. The molecule has 7 rings (SSSR count). The first kappa shape index (κ1) is 27.7. The molecule has 3 aliphatic rings. The third kappa shape index (κ3) is 5.10. The number of likely N-dealkylation sites (tertiary alicyclic amines) is 2. The SMILES string of the molecule is CC(=O)N1CCC2(CC1)CC(=O)N(Cc1cnc(Cl)nc1Oc1cnc3c(ccc4sc5c(c43)NC[C@@H](C)NC5=O)n1)C2. The van der Waals surface area contributed by atoms with Crippen LogP contribution in [0.4, 0.5) is 5.69 Å². The van der Waals surface area contributed by atoms with E-state index in [1.54, 1.807) is 18.0 Å². The van der Waals surface area contributed by atoms with E-state index in [-0.39, 0.29) is 52.8 Å². The summed E-state index contributed by atoms with van der Waals surface area (Å²) in [5, 5.41) is 7.26. The summed E-state index contributed by atoms with van der Waals surface area (Å²) in [5.74, 6) is 0.433. The molecule has 2 N–H and O–H groups in total. The lowest BCUT2D eigenvalue weighted by atomic mass is 9.77. The number of carbonyl (C=O) groups is 3. The Morgan fingerprint density at radius 1 is 1.19 bits per heavy atom. The molecule has 2 fully saturated rings. The normalized spacial score (nSPS) is 19.8. The molecule has 1 atom stereocenters. The van der Waals surface area contributed by atoms with Crippen molar-refractivity contribution in [2.24, 2.45) is 5.41 Å². The van der Waals surface area contributed by atoms with Crippen LogP contribution in [-0.2, 0) is 16.1 Å². The predicted octanol–water partition coefficient (Wildman–Crippen LogP) is 3.99. The molecular weight excluding hydrogens is 592 g/mol. The van der Waals surface area contributed by atoms with Crippen LogP contribution in [0.5, 0.6) is 11.8 Å². The molecule has 4 aromatic rings. The van der Waals surface area contributed by atoms with Crippen molar-refractivity contribution in [3.8, 4) is 11.8 Å². The minimum atomic E-state index is -0.139. The number of thiophene rings is 1. The van der Waals surface area contributed by atoms with Crippen molar-refractivity contribution in [1.82, 2.24) is 35.1 Å². The Bertz CT molecular complexity index is 1800. The molecule has 0 radical (unpaired) electrons. The van der Waals surface area contributed by atoms with Gasteiger partial charge in [0.1, 0.15) is 4.88 Å². The summed E-state index contributed by atoms with van der Waals surface area (Å²) < 4.78 is 7.04. The minimum absolute atomic E-state index is 0.00163. The third-order valence-electron chi connectivity index (χ3n) is 8.54. The van der Waals surface area contributed by atoms with Crippen LogP contribution in [-0.4, -0.2) is 79.7 Å². The number of anilines is 1. The Kier molecular flexibility index (Phi) is 6.81. The van der Waals surface area contributed by atoms with Crippen LogP contribution < -0.4 is 15.4 Å². The number of piperidine rings is 1. The average molecular weight is 621 g/mol. The molecule has 2 saturated heterocycles. The van der Waals surface area contributed by atoms with Crippen LogP contribution in [0.2, 0.25) is 5.28 Å². The van der Waals surface area contributed by atoms with E-state index in [4.69, 9.17) is 16.3 Å². The Labute approximate surface area is 255 Å². The molecule has 1 spiro atoms. The molecule has 3 aliphatic heterocycles. The highest BCUT2D eigenvalue weighted by Crippen LogP contribution is 2.43. The van der Waals surface area contributed by atoms with Crippen molar-refractivity contribution in [2.75, 3.05) is 31.5 Å². The second-order valence-electron chi connectivity index (χ2n) is 11.6. The Morgan fingerprint density at radius 3 is 2.79 bits per heavy atom. The minimum Gasteiger partial charge on any atom is -0.418 e. The van der Waals surface area contributed by atoms with Crippen LogP contribution in [0.1, 0.15) is 48.3 Å². The molecule has 3 aromatic heterocycles. The zero-order valence-electron chi connectivity index (χ0n) is 23.6. The topological polar surface area (TPSA) is 143 Å². The van der Waals surface area contributed by atoms with E-state index in [1.807, 2.05) is 24.0 Å². The lowest BCUT2D eigenvalue weighted by molar-refractivity contribution is -0.131. The smallest absolute Gasteiger partial charge is 0.263 e. The van der Waals surface area contributed by atoms with E-state index < -0.39 is 0 Å². The van der Waals surface area contributed by atoms with Crippen LogP contribution in [0.15, 0.2) is 24.5 Å². The van der Waals surface area contributed by atoms with Gasteiger partial charge in [0.05, 0.1) is 35.0 Å². The molecule has 222 valence electrons. The van der Waals surface area contributed by atoms with E-state index in [0.29, 0.717) is 54.1 Å². The van der Waals surface area contributed by atoms with Gasteiger partial charge >= 0.3 is 0 Å². The summed E-state index contributed by atoms with van der Waals surface area (Å²) in [4.78, 5) is 59.7. The highest BCUT2D eigenvalue weighted by atomic mass is 35.5. The molecule has 14 heteroatoms. The van der Waals surface area contributed by atoms with Gasteiger partial charge in [-0.1, -0.05) is 0 Å². The van der Waals surface area contributed by atoms with Gasteiger partial charge < -0.3 is 25.2 Å². The molecule has 1 aromatic carbocycles. The fraction of sp³-hybridized carbons (Fsp3) is 0.414. The number of fused-ring (bicyclic) bond motifs is 5. The van der Waals surface area contributed by atoms with E-state index >= 15 is 0 Å². The van der Waals surface area contributed by atoms with Crippen molar-refractivity contribution in [3.05, 3.63) is 40.3 Å². The van der Waals surface area contributed by atoms with Crippen LogP contribution in [0.25, 0.3) is 21.1 Å². The monoisotopic (exact) mass is 620 g/mol. The van der Waals surface area contributed by atoms with Gasteiger partial charge in [-0.25, -0.2) is 15.0 Å². The maximum Gasteiger partial charge on any atom is 0.263 e. The number of hydrogen-bond acceptors (Lipinski definition) is 10. The fourth-order valence-electron chi connectivity index (χ4n) is 6.25. The summed E-state index contributed by atoms with van der Waals surface area (Å²) in [6.45, 7) is 6.33. The first-order chi connectivity index (χ1) is 20.7. The molecular formula is C29H29ClN8O4S. The number of hydrogen-bond donors (Lipinski definition) is 2. The molecule has 12 nitrogen and oxygen atoms in total. The number of rotatable bonds is 4. The van der Waals surface area contributed by atoms with Crippen molar-refractivity contribution in [2.45, 2.75) is 45.7 Å². The average Bonchev–Trinajstić information content (AvgIpc) is 3.45. The standard InChI is InChI=1S/C29H29ClN8O4S/c1-15-10-31-24-22-19(43-25(24)26(41)34-15)4-3-18-23(22)32-12-20(35-18)42-27-17(11-33-28(30)36-27)13-38-14-29(9-21(38)40)5-7-37(8-6-29)16(2)39/h3-4,11-12,15,31H,5-10,13-14H2,1-2H3,(H,34,41)/t15-/m1/s1. The van der Waals surface area contributed by atoms with Gasteiger partial charge in [-0.05, 0) is 43.5 Å². The quantitative estimate of drug-likeness (QED) is 0.324. The number of halogens is 1. The molecule has 6 heterocycles. The van der Waals surface area contributed by atoms with E-state index in [2.05, 4.69) is 30.6 Å². The van der Waals surface area contributed by atoms with Gasteiger partial charge in [0.15, 0.2) is 0 Å². The first-order valence-electron chi connectivity index (χ1n) is 14.2. The number of amides is 3. The number of benzene rings is 1. The van der Waals surface area contributed by atoms with Crippen LogP contribution >= 0.6 is 22.9 Å². The summed E-state index contributed by atoms with van der Waals surface area (Å²) in [5.41, 5.74) is 2.48. The maximum absolute atomic E-state index is 13.1. The second kappa shape index (κ2) is 10.6. The van der Waals surface area contributed by atoms with Crippen molar-refractivity contribution in [3.63, 3.8) is 0 Å². The number of carbonyl (C=O) groups excluding carboxylic acids is 3. The van der Waals surface area contributed by atoms with Crippen molar-refractivity contribution >= 4 is 67.5 Å². The van der Waals surface area contributed by atoms with E-state index in [9.17, 15) is 14.4 Å². The second-order valence-corrected chi connectivity index (χ2v) is 13.0. The largest absolute Gasteiger partial charge is 0.418 e. The number of aromatic nitrogens is 4. The van der Waals surface area contributed by atoms with Gasteiger partial charge in [0.25, 0.3) is 5.91 Å². The van der Waals surface area contributed by atoms with E-state index in [1.165, 1.54) is 17.5 Å². The third-order valence-corrected chi connectivity index (χ3v) is 9.88. The van der Waals surface area contributed by atoms with Gasteiger partial charge in [-0.15, -0.1) is 11.3 Å². The predicted molar refractivity (Wildman–Crippen MR) is 161 cm³/mol. The lowest BCUT2D eigenvalue weighted by Crippen LogP contribution is -2.43. The molecule has 0 bridgehead atoms. The van der Waals surface area contributed by atoms with Crippen LogP contribution in [0.3, 0.4) is 0 Å². The molecule has 43 heavy (non-hydrogen) atoms. The zero-order chi connectivity index (χ0) is 29.9. The van der Waals surface area contributed by atoms with Gasteiger partial charge in [-0.3, -0.25) is 14.4 Å². The molecule has 0 unspecified atom stereocenters. The number of nitrogens with zero attached hydrogens (tertiary/aromatic N) is 6. The van der Waals surface area contributed by atoms with Crippen molar-refractivity contribution < 1.29 is 19.1 Å². The number of nitrogens with one attached hydrogen (secondary N) is 2. The lowest BCUT2D eigenvalue weighted by Gasteiger charge is -2.38. The van der Waals surface area contributed by atoms with Crippen LogP contribution in [0, 0.1) is 5.41 Å². The summed E-state index contributed by atoms with van der Waals surface area (Å²) in [6, 6.07) is 3.77. The molecule has 0 saturated carbocycles. The number of ether oxygens (including phenoxy) is 1. The van der Waals surface area contributed by atoms with E-state index in [0.717, 1.165) is 28.6 Å². The van der Waals surface area contributed by atoms with Gasteiger partial charge in [0, 0.05) is 67.3 Å². The zero-order valence-corrected chi connectivity index (χ0v) is 25.2. The van der Waals surface area contributed by atoms with Gasteiger partial charge in [0.2, 0.25) is 28.9 Å².